The summed E-state index contributed by atoms with van der Waals surface area (Å²) >= 11 is 6.24. The lowest BCUT2D eigenvalue weighted by Gasteiger charge is -2.11. The van der Waals surface area contributed by atoms with Crippen LogP contribution in [-0.4, -0.2) is 16.6 Å². The van der Waals surface area contributed by atoms with Gasteiger partial charge in [-0.3, -0.25) is 4.79 Å². The normalized spacial score (nSPS) is 10.9. The topological polar surface area (TPSA) is 55.1 Å². The maximum Gasteiger partial charge on any atom is 0.289 e. The molecule has 1 amide bonds. The predicted molar refractivity (Wildman–Crippen MR) is 97.6 cm³/mol. The molecule has 0 saturated heterocycles. The fourth-order valence-electron chi connectivity index (χ4n) is 2.28. The number of hydrogen-bond donors (Lipinski definition) is 1. The molecule has 8 heteroatoms. The number of rotatable bonds is 6. The summed E-state index contributed by atoms with van der Waals surface area (Å²) in [6.45, 7) is 0. The van der Waals surface area contributed by atoms with Crippen LogP contribution in [0.4, 0.5) is 14.5 Å². The van der Waals surface area contributed by atoms with Gasteiger partial charge in [-0.15, -0.1) is 0 Å². The number of carbonyl (C=O) groups is 1. The highest BCUT2D eigenvalue weighted by molar-refractivity contribution is 7.99. The van der Waals surface area contributed by atoms with E-state index in [2.05, 4.69) is 10.3 Å². The standard InChI is InChI=1S/C18H13ClF2N2O2S/c19-13-7-4-8-14(16(13)26-18(20)21)23-15(24)9-12-10-25-17(22-12)11-5-2-1-3-6-11/h1-8,10,18H,9H2,(H,23,24). The molecule has 1 N–H and O–H groups in total. The molecule has 0 atom stereocenters. The number of thioether (sulfide) groups is 1. The Morgan fingerprint density at radius 1 is 1.19 bits per heavy atom. The SMILES string of the molecule is O=C(Cc1coc(-c2ccccc2)n1)Nc1cccc(Cl)c1SC(F)F. The van der Waals surface area contributed by atoms with Gasteiger partial charge in [0.25, 0.3) is 5.76 Å². The fraction of sp³-hybridized carbons (Fsp3) is 0.111. The van der Waals surface area contributed by atoms with E-state index in [4.69, 9.17) is 16.0 Å². The molecule has 4 nitrogen and oxygen atoms in total. The second-order valence-corrected chi connectivity index (χ2v) is 6.64. The van der Waals surface area contributed by atoms with Gasteiger partial charge < -0.3 is 9.73 Å². The smallest absolute Gasteiger partial charge is 0.289 e. The summed E-state index contributed by atoms with van der Waals surface area (Å²) in [6, 6.07) is 13.9. The maximum absolute atomic E-state index is 12.7. The third-order valence-electron chi connectivity index (χ3n) is 3.36. The second kappa shape index (κ2) is 8.33. The van der Waals surface area contributed by atoms with E-state index >= 15 is 0 Å². The zero-order chi connectivity index (χ0) is 18.5. The summed E-state index contributed by atoms with van der Waals surface area (Å²) in [4.78, 5) is 16.6. The molecule has 0 fully saturated rings. The highest BCUT2D eigenvalue weighted by Gasteiger charge is 2.16. The van der Waals surface area contributed by atoms with Gasteiger partial charge in [0.2, 0.25) is 11.8 Å². The largest absolute Gasteiger partial charge is 0.444 e. The van der Waals surface area contributed by atoms with Crippen molar-refractivity contribution in [3.05, 3.63) is 65.5 Å². The lowest BCUT2D eigenvalue weighted by molar-refractivity contribution is -0.115. The van der Waals surface area contributed by atoms with Crippen LogP contribution in [0.1, 0.15) is 5.69 Å². The van der Waals surface area contributed by atoms with E-state index in [9.17, 15) is 13.6 Å². The third kappa shape index (κ3) is 4.62. The number of alkyl halides is 2. The highest BCUT2D eigenvalue weighted by atomic mass is 35.5. The van der Waals surface area contributed by atoms with Crippen LogP contribution >= 0.6 is 23.4 Å². The minimum absolute atomic E-state index is 0.0539. The fourth-order valence-corrected chi connectivity index (χ4v) is 3.19. The summed E-state index contributed by atoms with van der Waals surface area (Å²) in [5, 5.41) is 2.75. The molecular formula is C18H13ClF2N2O2S. The van der Waals surface area contributed by atoms with Gasteiger partial charge in [-0.2, -0.15) is 8.78 Å². The Bertz CT molecular complexity index is 903. The van der Waals surface area contributed by atoms with Gasteiger partial charge in [-0.05, 0) is 24.3 Å². The van der Waals surface area contributed by atoms with Gasteiger partial charge in [0.05, 0.1) is 27.7 Å². The first-order chi connectivity index (χ1) is 12.5. The molecule has 0 bridgehead atoms. The maximum atomic E-state index is 12.7. The van der Waals surface area contributed by atoms with Crippen LogP contribution in [0.3, 0.4) is 0 Å². The van der Waals surface area contributed by atoms with Crippen LogP contribution in [0.5, 0.6) is 0 Å². The first kappa shape index (κ1) is 18.4. The van der Waals surface area contributed by atoms with Crippen molar-refractivity contribution < 1.29 is 18.0 Å². The summed E-state index contributed by atoms with van der Waals surface area (Å²) < 4.78 is 30.8. The first-order valence-corrected chi connectivity index (χ1v) is 8.81. The molecule has 0 aliphatic carbocycles. The molecule has 0 aliphatic rings. The van der Waals surface area contributed by atoms with E-state index in [0.717, 1.165) is 5.56 Å². The molecule has 0 aliphatic heterocycles. The average molecular weight is 395 g/mol. The van der Waals surface area contributed by atoms with Crippen molar-refractivity contribution in [3.63, 3.8) is 0 Å². The van der Waals surface area contributed by atoms with Crippen molar-refractivity contribution in [1.29, 1.82) is 0 Å². The Morgan fingerprint density at radius 2 is 1.96 bits per heavy atom. The van der Waals surface area contributed by atoms with E-state index in [1.54, 1.807) is 6.07 Å². The van der Waals surface area contributed by atoms with E-state index in [-0.39, 0.29) is 33.8 Å². The summed E-state index contributed by atoms with van der Waals surface area (Å²) in [6.07, 6.45) is 1.34. The number of carbonyl (C=O) groups excluding carboxylic acids is 1. The number of nitrogens with one attached hydrogen (secondary N) is 1. The van der Waals surface area contributed by atoms with Gasteiger partial charge >= 0.3 is 0 Å². The van der Waals surface area contributed by atoms with E-state index in [1.165, 1.54) is 18.4 Å². The molecule has 0 saturated carbocycles. The third-order valence-corrected chi connectivity index (χ3v) is 4.64. The van der Waals surface area contributed by atoms with Gasteiger partial charge in [0, 0.05) is 5.56 Å². The Labute approximate surface area is 157 Å². The lowest BCUT2D eigenvalue weighted by Crippen LogP contribution is -2.15. The van der Waals surface area contributed by atoms with Crippen molar-refractivity contribution in [1.82, 2.24) is 4.98 Å². The summed E-state index contributed by atoms with van der Waals surface area (Å²) in [7, 11) is 0. The summed E-state index contributed by atoms with van der Waals surface area (Å²) in [5.74, 6) is -2.64. The molecule has 134 valence electrons. The van der Waals surface area contributed by atoms with Crippen LogP contribution in [0.25, 0.3) is 11.5 Å². The number of halogens is 3. The van der Waals surface area contributed by atoms with Crippen LogP contribution in [0.2, 0.25) is 5.02 Å². The molecule has 2 aromatic carbocycles. The first-order valence-electron chi connectivity index (χ1n) is 7.56. The van der Waals surface area contributed by atoms with Gasteiger partial charge in [-0.25, -0.2) is 4.98 Å². The number of nitrogens with zero attached hydrogens (tertiary/aromatic N) is 1. The molecule has 1 heterocycles. The average Bonchev–Trinajstić information content (AvgIpc) is 3.07. The molecule has 0 unspecified atom stereocenters. The van der Waals surface area contributed by atoms with Gasteiger partial charge in [0.1, 0.15) is 6.26 Å². The van der Waals surface area contributed by atoms with Crippen LogP contribution in [-0.2, 0) is 11.2 Å². The monoisotopic (exact) mass is 394 g/mol. The van der Waals surface area contributed by atoms with Crippen LogP contribution < -0.4 is 5.32 Å². The van der Waals surface area contributed by atoms with Crippen LogP contribution in [0.15, 0.2) is 64.1 Å². The minimum atomic E-state index is -2.64. The van der Waals surface area contributed by atoms with Crippen molar-refractivity contribution in [3.8, 4) is 11.5 Å². The van der Waals surface area contributed by atoms with E-state index in [1.807, 2.05) is 30.3 Å². The molecule has 3 aromatic rings. The number of amides is 1. The quantitative estimate of drug-likeness (QED) is 0.561. The molecule has 0 spiro atoms. The Hall–Kier alpha value is -2.38. The summed E-state index contributed by atoms with van der Waals surface area (Å²) in [5.41, 5.74) is 1.47. The predicted octanol–water partition coefficient (Wildman–Crippen LogP) is 5.49. The van der Waals surface area contributed by atoms with Crippen molar-refractivity contribution >= 4 is 35.0 Å². The van der Waals surface area contributed by atoms with E-state index < -0.39 is 11.7 Å². The van der Waals surface area contributed by atoms with Gasteiger partial charge in [-0.1, -0.05) is 47.6 Å². The molecule has 0 radical (unpaired) electrons. The number of benzene rings is 2. The zero-order valence-electron chi connectivity index (χ0n) is 13.3. The number of anilines is 1. The Morgan fingerprint density at radius 3 is 2.69 bits per heavy atom. The van der Waals surface area contributed by atoms with Crippen molar-refractivity contribution in [2.45, 2.75) is 17.1 Å². The lowest BCUT2D eigenvalue weighted by atomic mass is 10.2. The Balaban J connectivity index is 1.70. The minimum Gasteiger partial charge on any atom is -0.444 e. The second-order valence-electron chi connectivity index (χ2n) is 5.23. The molecule has 3 rings (SSSR count). The zero-order valence-corrected chi connectivity index (χ0v) is 14.9. The molecule has 26 heavy (non-hydrogen) atoms. The number of hydrogen-bond acceptors (Lipinski definition) is 4. The van der Waals surface area contributed by atoms with Gasteiger partial charge in [0.15, 0.2) is 0 Å². The van der Waals surface area contributed by atoms with Crippen LogP contribution in [0, 0.1) is 0 Å². The number of oxazole rings is 1. The van der Waals surface area contributed by atoms with Crippen molar-refractivity contribution in [2.24, 2.45) is 0 Å². The van der Waals surface area contributed by atoms with Crippen molar-refractivity contribution in [2.75, 3.05) is 5.32 Å². The number of aromatic nitrogens is 1. The van der Waals surface area contributed by atoms with E-state index in [0.29, 0.717) is 11.6 Å². The molecule has 1 aromatic heterocycles. The molecular weight excluding hydrogens is 382 g/mol. The highest BCUT2D eigenvalue weighted by Crippen LogP contribution is 2.37. The Kier molecular flexibility index (Phi) is 5.90.